The first-order chi connectivity index (χ1) is 12.0. The highest BCUT2D eigenvalue weighted by Crippen LogP contribution is 2.21. The van der Waals surface area contributed by atoms with Crippen LogP contribution in [0.4, 0.5) is 0 Å². The summed E-state index contributed by atoms with van der Waals surface area (Å²) in [6.07, 6.45) is 2.37. The minimum atomic E-state index is -0.289. The third-order valence-corrected chi connectivity index (χ3v) is 4.94. The van der Waals surface area contributed by atoms with Crippen LogP contribution in [-0.4, -0.2) is 54.5 Å². The van der Waals surface area contributed by atoms with Crippen LogP contribution in [0, 0.1) is 5.92 Å². The topological polar surface area (TPSA) is 49.9 Å². The second kappa shape index (κ2) is 9.56. The van der Waals surface area contributed by atoms with Gasteiger partial charge in [-0.15, -0.1) is 0 Å². The molecule has 0 aliphatic carbocycles. The first-order valence-corrected chi connectivity index (χ1v) is 9.18. The summed E-state index contributed by atoms with van der Waals surface area (Å²) in [5.41, 5.74) is 1.32. The molecule has 0 radical (unpaired) electrons. The zero-order valence-corrected chi connectivity index (χ0v) is 15.6. The van der Waals surface area contributed by atoms with Gasteiger partial charge in [0.2, 0.25) is 5.91 Å². The van der Waals surface area contributed by atoms with E-state index < -0.39 is 0 Å². The summed E-state index contributed by atoms with van der Waals surface area (Å²) in [6.45, 7) is 7.05. The molecule has 1 aromatic carbocycles. The molecule has 0 N–H and O–H groups in total. The number of carbonyl (C=O) groups is 2. The van der Waals surface area contributed by atoms with Crippen LogP contribution in [-0.2, 0) is 20.9 Å². The fourth-order valence-corrected chi connectivity index (χ4v) is 3.46. The minimum Gasteiger partial charge on any atom is -0.469 e. The Morgan fingerprint density at radius 3 is 2.44 bits per heavy atom. The van der Waals surface area contributed by atoms with Crippen molar-refractivity contribution in [2.75, 3.05) is 26.7 Å². The first kappa shape index (κ1) is 19.4. The zero-order valence-electron chi connectivity index (χ0n) is 15.6. The van der Waals surface area contributed by atoms with Crippen LogP contribution < -0.4 is 0 Å². The number of benzene rings is 1. The quantitative estimate of drug-likeness (QED) is 0.712. The van der Waals surface area contributed by atoms with Crippen LogP contribution in [0.1, 0.15) is 38.7 Å². The van der Waals surface area contributed by atoms with Crippen molar-refractivity contribution in [2.45, 2.75) is 45.7 Å². The van der Waals surface area contributed by atoms with Crippen LogP contribution in [0.15, 0.2) is 30.3 Å². The van der Waals surface area contributed by atoms with Gasteiger partial charge in [-0.05, 0) is 18.4 Å². The van der Waals surface area contributed by atoms with Crippen molar-refractivity contribution in [1.29, 1.82) is 0 Å². The predicted molar refractivity (Wildman–Crippen MR) is 97.9 cm³/mol. The lowest BCUT2D eigenvalue weighted by atomic mass is 10.00. The van der Waals surface area contributed by atoms with Gasteiger partial charge in [-0.2, -0.15) is 0 Å². The van der Waals surface area contributed by atoms with E-state index in [2.05, 4.69) is 29.2 Å². The number of likely N-dealkylation sites (tertiary alicyclic amines) is 1. The SMILES string of the molecule is CCC(=O)N(CC(C)C(=O)OC)C1CCN(Cc2ccccc2)CC1. The number of rotatable bonds is 7. The van der Waals surface area contributed by atoms with Crippen molar-refractivity contribution < 1.29 is 14.3 Å². The van der Waals surface area contributed by atoms with Gasteiger partial charge in [0.15, 0.2) is 0 Å². The van der Waals surface area contributed by atoms with Gasteiger partial charge in [0.1, 0.15) is 0 Å². The van der Waals surface area contributed by atoms with Crippen LogP contribution in [0.2, 0.25) is 0 Å². The number of carbonyl (C=O) groups excluding carboxylic acids is 2. The van der Waals surface area contributed by atoms with Crippen LogP contribution >= 0.6 is 0 Å². The van der Waals surface area contributed by atoms with Crippen molar-refractivity contribution in [3.05, 3.63) is 35.9 Å². The fraction of sp³-hybridized carbons (Fsp3) is 0.600. The summed E-state index contributed by atoms with van der Waals surface area (Å²) in [5.74, 6) is -0.421. The van der Waals surface area contributed by atoms with Gasteiger partial charge in [-0.3, -0.25) is 14.5 Å². The van der Waals surface area contributed by atoms with Crippen molar-refractivity contribution in [3.63, 3.8) is 0 Å². The van der Waals surface area contributed by atoms with Crippen molar-refractivity contribution in [3.8, 4) is 0 Å². The number of piperidine rings is 1. The molecule has 5 heteroatoms. The predicted octanol–water partition coefficient (Wildman–Crippen LogP) is 2.70. The molecule has 1 saturated heterocycles. The number of hydrogen-bond donors (Lipinski definition) is 0. The molecular weight excluding hydrogens is 316 g/mol. The summed E-state index contributed by atoms with van der Waals surface area (Å²) in [7, 11) is 1.40. The molecule has 0 saturated carbocycles. The summed E-state index contributed by atoms with van der Waals surface area (Å²) in [5, 5.41) is 0. The largest absolute Gasteiger partial charge is 0.469 e. The maximum atomic E-state index is 12.4. The number of esters is 1. The Morgan fingerprint density at radius 2 is 1.88 bits per heavy atom. The lowest BCUT2D eigenvalue weighted by Gasteiger charge is -2.39. The monoisotopic (exact) mass is 346 g/mol. The van der Waals surface area contributed by atoms with Crippen molar-refractivity contribution in [2.24, 2.45) is 5.92 Å². The number of methoxy groups -OCH3 is 1. The molecule has 1 aliphatic rings. The van der Waals surface area contributed by atoms with E-state index in [1.165, 1.54) is 12.7 Å². The fourth-order valence-electron chi connectivity index (χ4n) is 3.46. The van der Waals surface area contributed by atoms with E-state index in [9.17, 15) is 9.59 Å². The van der Waals surface area contributed by atoms with Crippen LogP contribution in [0.3, 0.4) is 0 Å². The Labute approximate surface area is 150 Å². The molecule has 1 atom stereocenters. The molecule has 2 rings (SSSR count). The van der Waals surface area contributed by atoms with E-state index in [-0.39, 0.29) is 23.8 Å². The second-order valence-corrected chi connectivity index (χ2v) is 6.82. The summed E-state index contributed by atoms with van der Waals surface area (Å²) in [4.78, 5) is 28.5. The smallest absolute Gasteiger partial charge is 0.310 e. The third kappa shape index (κ3) is 5.56. The minimum absolute atomic E-state index is 0.122. The number of ether oxygens (including phenoxy) is 1. The summed E-state index contributed by atoms with van der Waals surface area (Å²) >= 11 is 0. The molecule has 1 fully saturated rings. The summed E-state index contributed by atoms with van der Waals surface area (Å²) in [6, 6.07) is 10.7. The number of amides is 1. The molecule has 1 aromatic rings. The van der Waals surface area contributed by atoms with Gasteiger partial charge in [-0.25, -0.2) is 0 Å². The molecule has 1 unspecified atom stereocenters. The molecule has 1 heterocycles. The maximum absolute atomic E-state index is 12.4. The van der Waals surface area contributed by atoms with Gasteiger partial charge in [0, 0.05) is 38.6 Å². The molecule has 0 aromatic heterocycles. The van der Waals surface area contributed by atoms with Gasteiger partial charge in [0.05, 0.1) is 13.0 Å². The molecule has 138 valence electrons. The Balaban J connectivity index is 1.92. The Morgan fingerprint density at radius 1 is 1.24 bits per heavy atom. The van der Waals surface area contributed by atoms with Crippen molar-refractivity contribution in [1.82, 2.24) is 9.80 Å². The molecule has 0 bridgehead atoms. The molecule has 5 nitrogen and oxygen atoms in total. The van der Waals surface area contributed by atoms with E-state index >= 15 is 0 Å². The van der Waals surface area contributed by atoms with E-state index in [0.29, 0.717) is 13.0 Å². The van der Waals surface area contributed by atoms with Gasteiger partial charge < -0.3 is 9.64 Å². The summed E-state index contributed by atoms with van der Waals surface area (Å²) < 4.78 is 4.81. The molecule has 1 amide bonds. The second-order valence-electron chi connectivity index (χ2n) is 6.82. The average Bonchev–Trinajstić information content (AvgIpc) is 2.66. The molecule has 0 spiro atoms. The first-order valence-electron chi connectivity index (χ1n) is 9.18. The average molecular weight is 346 g/mol. The maximum Gasteiger partial charge on any atom is 0.310 e. The molecule has 1 aliphatic heterocycles. The molecule has 25 heavy (non-hydrogen) atoms. The van der Waals surface area contributed by atoms with E-state index in [1.807, 2.05) is 24.8 Å². The van der Waals surface area contributed by atoms with Crippen LogP contribution in [0.25, 0.3) is 0 Å². The zero-order chi connectivity index (χ0) is 18.2. The van der Waals surface area contributed by atoms with Crippen LogP contribution in [0.5, 0.6) is 0 Å². The molecular formula is C20H30N2O3. The Kier molecular flexibility index (Phi) is 7.44. The normalized spacial score (nSPS) is 17.1. The van der Waals surface area contributed by atoms with E-state index in [0.717, 1.165) is 32.5 Å². The lowest BCUT2D eigenvalue weighted by Crippen LogP contribution is -2.49. The standard InChI is InChI=1S/C20H30N2O3/c1-4-19(23)22(14-16(2)20(24)25-3)18-10-12-21(13-11-18)15-17-8-6-5-7-9-17/h5-9,16,18H,4,10-15H2,1-3H3. The third-order valence-electron chi connectivity index (χ3n) is 4.94. The van der Waals surface area contributed by atoms with E-state index in [1.54, 1.807) is 0 Å². The Hall–Kier alpha value is -1.88. The number of nitrogens with zero attached hydrogens (tertiary/aromatic N) is 2. The highest BCUT2D eigenvalue weighted by Gasteiger charge is 2.29. The Bertz CT molecular complexity index is 553. The van der Waals surface area contributed by atoms with Gasteiger partial charge in [-0.1, -0.05) is 44.2 Å². The number of hydrogen-bond acceptors (Lipinski definition) is 4. The van der Waals surface area contributed by atoms with Gasteiger partial charge in [0.25, 0.3) is 0 Å². The highest BCUT2D eigenvalue weighted by molar-refractivity contribution is 5.78. The van der Waals surface area contributed by atoms with Gasteiger partial charge >= 0.3 is 5.97 Å². The van der Waals surface area contributed by atoms with E-state index in [4.69, 9.17) is 4.74 Å². The van der Waals surface area contributed by atoms with Crippen molar-refractivity contribution >= 4 is 11.9 Å². The lowest BCUT2D eigenvalue weighted by molar-refractivity contribution is -0.147. The highest BCUT2D eigenvalue weighted by atomic mass is 16.5.